The second-order valence-corrected chi connectivity index (χ2v) is 23.3. The smallest absolute Gasteiger partial charge is 0.415 e. The molecule has 0 aliphatic carbocycles. The molecule has 4 saturated heterocycles. The van der Waals surface area contributed by atoms with E-state index in [0.717, 1.165) is 66.8 Å². The highest BCUT2D eigenvalue weighted by Crippen LogP contribution is 2.31. The number of esters is 4. The van der Waals surface area contributed by atoms with Gasteiger partial charge in [-0.15, -0.1) is 0 Å². The summed E-state index contributed by atoms with van der Waals surface area (Å²) < 4.78 is 40.5. The average Bonchev–Trinajstić information content (AvgIpc) is 1.68. The van der Waals surface area contributed by atoms with Gasteiger partial charge in [0.2, 0.25) is 0 Å². The van der Waals surface area contributed by atoms with Crippen molar-refractivity contribution in [1.82, 2.24) is 19.6 Å². The Balaban J connectivity index is 0.000000156. The van der Waals surface area contributed by atoms with Crippen molar-refractivity contribution in [3.63, 3.8) is 0 Å². The fraction of sp³-hybridized carbons (Fsp3) is 0.200. The van der Waals surface area contributed by atoms with Crippen LogP contribution in [0.1, 0.15) is 114 Å². The molecule has 0 radical (unpaired) electrons. The molecular formula is C80H76N4O16. The minimum Gasteiger partial charge on any atom is -0.465 e. The molecule has 4 fully saturated rings. The van der Waals surface area contributed by atoms with Crippen LogP contribution in [0.5, 0.6) is 0 Å². The number of cyclic esters (lactones) is 4. The van der Waals surface area contributed by atoms with Gasteiger partial charge in [-0.05, 0) is 143 Å². The predicted molar refractivity (Wildman–Crippen MR) is 375 cm³/mol. The Hall–Kier alpha value is -12.3. The van der Waals surface area contributed by atoms with Crippen LogP contribution in [-0.4, -0.2) is 122 Å². The molecule has 4 amide bonds. The van der Waals surface area contributed by atoms with Crippen molar-refractivity contribution in [3.8, 4) is 0 Å². The van der Waals surface area contributed by atoms with Gasteiger partial charge in [0.25, 0.3) is 0 Å². The number of hydrogen-bond acceptors (Lipinski definition) is 16. The van der Waals surface area contributed by atoms with Gasteiger partial charge in [0, 0.05) is 26.2 Å². The number of amides is 4. The Labute approximate surface area is 580 Å². The fourth-order valence-electron chi connectivity index (χ4n) is 10.8. The third kappa shape index (κ3) is 19.0. The SMILES string of the molecule is COC(=O)c1ccc(/C(C)=C2\CN(Cc3ccccc3)C(=O)O2)cc1.COC(=O)c1ccc(/C(C)=C2\CN(Cc3ccccc3)C(=O)O2)cc1.COC(=O)c1ccc(/C(C)=C2\CN(Cc3ccccc3)C(=O)O2)cc1.COC(=O)c1ccc(/C(C)=C2\CN(Cc3ccccc3)C(=O)O2)cc1. The summed E-state index contributed by atoms with van der Waals surface area (Å²) in [4.78, 5) is 101. The number of carbonyl (C=O) groups is 8. The summed E-state index contributed by atoms with van der Waals surface area (Å²) in [5.41, 5.74) is 13.3. The summed E-state index contributed by atoms with van der Waals surface area (Å²) in [6.45, 7) is 11.4. The van der Waals surface area contributed by atoms with Crippen LogP contribution in [0.3, 0.4) is 0 Å². The topological polar surface area (TPSA) is 223 Å². The van der Waals surface area contributed by atoms with Gasteiger partial charge in [0.1, 0.15) is 23.0 Å². The predicted octanol–water partition coefficient (Wildman–Crippen LogP) is 15.4. The van der Waals surface area contributed by atoms with Gasteiger partial charge in [-0.2, -0.15) is 0 Å². The molecule has 4 aliphatic heterocycles. The minimum atomic E-state index is -0.377. The maximum atomic E-state index is 12.1. The lowest BCUT2D eigenvalue weighted by atomic mass is 10.0. The Kier molecular flexibility index (Phi) is 24.9. The molecule has 0 aromatic heterocycles. The largest absolute Gasteiger partial charge is 0.465 e. The zero-order chi connectivity index (χ0) is 71.2. The number of methoxy groups -OCH3 is 4. The van der Waals surface area contributed by atoms with Gasteiger partial charge in [-0.25, -0.2) is 38.4 Å². The number of hydrogen-bond donors (Lipinski definition) is 0. The highest BCUT2D eigenvalue weighted by molar-refractivity contribution is 5.92. The second kappa shape index (κ2) is 34.6. The number of carbonyl (C=O) groups excluding carboxylic acids is 8. The summed E-state index contributed by atoms with van der Waals surface area (Å²) in [6, 6.07) is 67.3. The van der Waals surface area contributed by atoms with E-state index in [-0.39, 0.29) is 48.3 Å². The molecular weight excluding hydrogens is 1270 g/mol. The summed E-state index contributed by atoms with van der Waals surface area (Å²) in [6.07, 6.45) is -1.37. The van der Waals surface area contributed by atoms with Crippen molar-refractivity contribution in [2.24, 2.45) is 0 Å². The molecule has 512 valence electrons. The van der Waals surface area contributed by atoms with E-state index < -0.39 is 0 Å². The zero-order valence-corrected chi connectivity index (χ0v) is 56.8. The van der Waals surface area contributed by atoms with Crippen LogP contribution in [0.4, 0.5) is 19.2 Å². The minimum absolute atomic E-state index is 0.343. The molecule has 0 spiro atoms. The molecule has 0 N–H and O–H groups in total. The van der Waals surface area contributed by atoms with Gasteiger partial charge >= 0.3 is 48.3 Å². The van der Waals surface area contributed by atoms with Crippen molar-refractivity contribution >= 4 is 70.5 Å². The standard InChI is InChI=1S/4C20H19NO4/c4*1-14(16-8-10-17(11-9-16)19(22)24-2)18-13-21(20(23)25-18)12-15-6-4-3-5-7-15/h4*3-11H,12-13H2,1-2H3/b4*18-14+. The molecule has 4 aliphatic rings. The van der Waals surface area contributed by atoms with Gasteiger partial charge in [0.15, 0.2) is 0 Å². The van der Waals surface area contributed by atoms with Crippen LogP contribution in [0.15, 0.2) is 241 Å². The Morgan fingerprint density at radius 1 is 0.270 bits per heavy atom. The van der Waals surface area contributed by atoms with Crippen LogP contribution in [0.25, 0.3) is 22.3 Å². The van der Waals surface area contributed by atoms with Crippen molar-refractivity contribution in [3.05, 3.63) is 308 Å². The summed E-state index contributed by atoms with van der Waals surface area (Å²) in [5, 5.41) is 0. The molecule has 20 heteroatoms. The number of ether oxygens (including phenoxy) is 8. The Morgan fingerprint density at radius 3 is 0.590 bits per heavy atom. The Bertz CT molecular complexity index is 3800. The molecule has 0 atom stereocenters. The second-order valence-electron chi connectivity index (χ2n) is 23.3. The molecule has 20 nitrogen and oxygen atoms in total. The molecule has 0 unspecified atom stereocenters. The summed E-state index contributed by atoms with van der Waals surface area (Å²) in [7, 11) is 5.40. The maximum Gasteiger partial charge on any atom is 0.415 e. The first kappa shape index (κ1) is 72.0. The van der Waals surface area contributed by atoms with Crippen LogP contribution in [0, 0.1) is 0 Å². The molecule has 12 rings (SSSR count). The molecule has 8 aromatic rings. The van der Waals surface area contributed by atoms with Gasteiger partial charge < -0.3 is 37.9 Å². The molecule has 0 bridgehead atoms. The maximum absolute atomic E-state index is 12.1. The first-order chi connectivity index (χ1) is 48.3. The van der Waals surface area contributed by atoms with Crippen LogP contribution in [-0.2, 0) is 64.1 Å². The van der Waals surface area contributed by atoms with E-state index in [1.807, 2.05) is 198 Å². The van der Waals surface area contributed by atoms with Gasteiger partial charge in [-0.1, -0.05) is 170 Å². The highest BCUT2D eigenvalue weighted by atomic mass is 16.6. The summed E-state index contributed by atoms with van der Waals surface area (Å²) >= 11 is 0. The molecule has 4 heterocycles. The quantitative estimate of drug-likeness (QED) is 0.0648. The number of nitrogens with zero attached hydrogens (tertiary/aromatic N) is 4. The van der Waals surface area contributed by atoms with Crippen LogP contribution in [0.2, 0.25) is 0 Å². The van der Waals surface area contributed by atoms with E-state index in [4.69, 9.17) is 37.9 Å². The summed E-state index contributed by atoms with van der Waals surface area (Å²) in [5.74, 6) is 1.02. The van der Waals surface area contributed by atoms with Crippen LogP contribution >= 0.6 is 0 Å². The molecule has 8 aromatic carbocycles. The number of allylic oxidation sites excluding steroid dienone is 4. The van der Waals surface area contributed by atoms with Crippen molar-refractivity contribution in [2.75, 3.05) is 54.6 Å². The van der Waals surface area contributed by atoms with Crippen molar-refractivity contribution in [1.29, 1.82) is 0 Å². The lowest BCUT2D eigenvalue weighted by Gasteiger charge is -2.11. The van der Waals surface area contributed by atoms with Gasteiger partial charge in [0.05, 0.1) is 76.9 Å². The van der Waals surface area contributed by atoms with Crippen LogP contribution < -0.4 is 0 Å². The molecule has 0 saturated carbocycles. The van der Waals surface area contributed by atoms with Crippen molar-refractivity contribution in [2.45, 2.75) is 53.9 Å². The van der Waals surface area contributed by atoms with E-state index in [1.165, 1.54) is 28.4 Å². The van der Waals surface area contributed by atoms with E-state index in [2.05, 4.69) is 0 Å². The highest BCUT2D eigenvalue weighted by Gasteiger charge is 2.32. The fourth-order valence-corrected chi connectivity index (χ4v) is 10.8. The molecule has 100 heavy (non-hydrogen) atoms. The third-order valence-electron chi connectivity index (χ3n) is 16.7. The first-order valence-electron chi connectivity index (χ1n) is 31.9. The normalized spacial score (nSPS) is 15.8. The third-order valence-corrected chi connectivity index (χ3v) is 16.7. The van der Waals surface area contributed by atoms with E-state index in [0.29, 0.717) is 97.6 Å². The van der Waals surface area contributed by atoms with E-state index in [1.54, 1.807) is 68.1 Å². The monoisotopic (exact) mass is 1350 g/mol. The van der Waals surface area contributed by atoms with Gasteiger partial charge in [-0.3, -0.25) is 19.6 Å². The van der Waals surface area contributed by atoms with E-state index in [9.17, 15) is 38.4 Å². The number of benzene rings is 8. The number of rotatable bonds is 16. The lowest BCUT2D eigenvalue weighted by Crippen LogP contribution is -2.23. The van der Waals surface area contributed by atoms with Crippen molar-refractivity contribution < 1.29 is 76.3 Å². The zero-order valence-electron chi connectivity index (χ0n) is 56.8. The first-order valence-corrected chi connectivity index (χ1v) is 31.9. The average molecular weight is 1350 g/mol. The van der Waals surface area contributed by atoms with E-state index >= 15 is 0 Å². The Morgan fingerprint density at radius 2 is 0.430 bits per heavy atom. The lowest BCUT2D eigenvalue weighted by molar-refractivity contribution is 0.0592.